The molecule has 1 aliphatic rings. The maximum Gasteiger partial charge on any atom is 0.255 e. The molecule has 0 radical (unpaired) electrons. The summed E-state index contributed by atoms with van der Waals surface area (Å²) in [6.07, 6.45) is 3.31. The number of carbonyl (C=O) groups excluding carboxylic acids is 2. The number of pyridine rings is 1. The Bertz CT molecular complexity index is 998. The predicted molar refractivity (Wildman–Crippen MR) is 109 cm³/mol. The number of aromatic nitrogens is 1. The normalized spacial score (nSPS) is 17.1. The van der Waals surface area contributed by atoms with Crippen molar-refractivity contribution in [1.82, 2.24) is 4.98 Å². The summed E-state index contributed by atoms with van der Waals surface area (Å²) in [5, 5.41) is 0. The molecule has 2 amide bonds. The maximum atomic E-state index is 13.5. The van der Waals surface area contributed by atoms with E-state index >= 15 is 0 Å². The quantitative estimate of drug-likeness (QED) is 0.703. The second kappa shape index (κ2) is 7.27. The minimum absolute atomic E-state index is 0.00648. The van der Waals surface area contributed by atoms with Crippen molar-refractivity contribution in [2.24, 2.45) is 0 Å². The monoisotopic (exact) mass is 371 g/mol. The van der Waals surface area contributed by atoms with Crippen molar-refractivity contribution in [2.45, 2.75) is 19.9 Å². The molecule has 0 N–H and O–H groups in total. The topological polar surface area (TPSA) is 53.5 Å². The minimum atomic E-state index is -0.751. The average molecular weight is 371 g/mol. The molecule has 4 rings (SSSR count). The van der Waals surface area contributed by atoms with Gasteiger partial charge in [0.2, 0.25) is 5.91 Å². The van der Waals surface area contributed by atoms with E-state index in [2.05, 4.69) is 4.98 Å². The van der Waals surface area contributed by atoms with Gasteiger partial charge < -0.3 is 4.90 Å². The van der Waals surface area contributed by atoms with E-state index in [0.29, 0.717) is 11.3 Å². The molecule has 1 unspecified atom stereocenters. The summed E-state index contributed by atoms with van der Waals surface area (Å²) < 4.78 is 0. The molecule has 0 spiro atoms. The Kier molecular flexibility index (Phi) is 4.65. The summed E-state index contributed by atoms with van der Waals surface area (Å²) in [6, 6.07) is 18.2. The van der Waals surface area contributed by atoms with Gasteiger partial charge in [-0.3, -0.25) is 19.5 Å². The van der Waals surface area contributed by atoms with E-state index in [0.717, 1.165) is 16.8 Å². The summed E-state index contributed by atoms with van der Waals surface area (Å²) in [6.45, 7) is 3.99. The molecular formula is C23H21N3O2. The zero-order chi connectivity index (χ0) is 19.7. The van der Waals surface area contributed by atoms with Crippen LogP contribution in [0.4, 0.5) is 11.4 Å². The first kappa shape index (κ1) is 17.9. The van der Waals surface area contributed by atoms with E-state index in [9.17, 15) is 9.59 Å². The van der Waals surface area contributed by atoms with E-state index in [1.165, 1.54) is 0 Å². The molecule has 1 aromatic heterocycles. The van der Waals surface area contributed by atoms with Crippen molar-refractivity contribution in [3.8, 4) is 0 Å². The number of benzene rings is 2. The van der Waals surface area contributed by atoms with Crippen molar-refractivity contribution < 1.29 is 9.59 Å². The van der Waals surface area contributed by atoms with Crippen molar-refractivity contribution in [2.75, 3.05) is 16.3 Å². The lowest BCUT2D eigenvalue weighted by Gasteiger charge is -2.40. The van der Waals surface area contributed by atoms with Gasteiger partial charge in [0.1, 0.15) is 12.6 Å². The molecule has 2 heterocycles. The first-order valence-electron chi connectivity index (χ1n) is 9.21. The van der Waals surface area contributed by atoms with Gasteiger partial charge in [-0.15, -0.1) is 0 Å². The molecule has 1 fully saturated rings. The number of carbonyl (C=O) groups is 2. The second-order valence-electron chi connectivity index (χ2n) is 7.05. The van der Waals surface area contributed by atoms with Crippen LogP contribution in [0.25, 0.3) is 0 Å². The Labute approximate surface area is 164 Å². The molecular weight excluding hydrogens is 350 g/mol. The number of rotatable bonds is 3. The number of amides is 2. The van der Waals surface area contributed by atoms with Crippen LogP contribution in [0.2, 0.25) is 0 Å². The molecule has 0 bridgehead atoms. The van der Waals surface area contributed by atoms with Gasteiger partial charge in [0.15, 0.2) is 0 Å². The van der Waals surface area contributed by atoms with E-state index in [1.807, 2.05) is 68.4 Å². The highest BCUT2D eigenvalue weighted by molar-refractivity contribution is 6.14. The number of hydrogen-bond acceptors (Lipinski definition) is 3. The van der Waals surface area contributed by atoms with E-state index < -0.39 is 6.04 Å². The highest BCUT2D eigenvalue weighted by atomic mass is 16.2. The lowest BCUT2D eigenvalue weighted by atomic mass is 10.0. The zero-order valence-electron chi connectivity index (χ0n) is 15.9. The molecule has 1 atom stereocenters. The lowest BCUT2D eigenvalue weighted by Crippen LogP contribution is -2.56. The van der Waals surface area contributed by atoms with Gasteiger partial charge in [0.25, 0.3) is 5.91 Å². The SMILES string of the molecule is Cc1ccc(N2CC(=O)N(c3ccc(C)cc3)C(c3cccnc3)C2=O)cc1. The Morgan fingerprint density at radius 2 is 1.46 bits per heavy atom. The van der Waals surface area contributed by atoms with Crippen LogP contribution < -0.4 is 9.80 Å². The zero-order valence-corrected chi connectivity index (χ0v) is 15.9. The predicted octanol–water partition coefficient (Wildman–Crippen LogP) is 3.82. The van der Waals surface area contributed by atoms with Gasteiger partial charge in [0, 0.05) is 29.3 Å². The number of anilines is 2. The molecule has 1 aliphatic heterocycles. The van der Waals surface area contributed by atoms with Gasteiger partial charge in [-0.2, -0.15) is 0 Å². The first-order valence-corrected chi connectivity index (χ1v) is 9.21. The third kappa shape index (κ3) is 3.27. The molecule has 28 heavy (non-hydrogen) atoms. The molecule has 140 valence electrons. The molecule has 1 saturated heterocycles. The molecule has 0 saturated carbocycles. The standard InChI is InChI=1S/C23H21N3O2/c1-16-5-9-19(10-6-16)25-15-21(27)26(20-11-7-17(2)8-12-20)22(23(25)28)18-4-3-13-24-14-18/h3-14,22H,15H2,1-2H3. The number of piperazine rings is 1. The average Bonchev–Trinajstić information content (AvgIpc) is 2.71. The number of aryl methyl sites for hydroxylation is 2. The van der Waals surface area contributed by atoms with Crippen LogP contribution in [0, 0.1) is 13.8 Å². The summed E-state index contributed by atoms with van der Waals surface area (Å²) >= 11 is 0. The van der Waals surface area contributed by atoms with Crippen LogP contribution in [0.15, 0.2) is 73.1 Å². The van der Waals surface area contributed by atoms with Gasteiger partial charge >= 0.3 is 0 Å². The third-order valence-corrected chi connectivity index (χ3v) is 4.98. The van der Waals surface area contributed by atoms with Crippen LogP contribution in [0.1, 0.15) is 22.7 Å². The van der Waals surface area contributed by atoms with E-state index in [1.54, 1.807) is 28.3 Å². The summed E-state index contributed by atoms with van der Waals surface area (Å²) in [5.74, 6) is -0.269. The van der Waals surface area contributed by atoms with E-state index in [-0.39, 0.29) is 18.4 Å². The molecule has 3 aromatic rings. The van der Waals surface area contributed by atoms with Crippen LogP contribution in [0.3, 0.4) is 0 Å². The molecule has 0 aliphatic carbocycles. The highest BCUT2D eigenvalue weighted by Crippen LogP contribution is 2.34. The minimum Gasteiger partial charge on any atom is -0.301 e. The van der Waals surface area contributed by atoms with Crippen LogP contribution >= 0.6 is 0 Å². The highest BCUT2D eigenvalue weighted by Gasteiger charge is 2.41. The smallest absolute Gasteiger partial charge is 0.255 e. The summed E-state index contributed by atoms with van der Waals surface area (Å²) in [4.78, 5) is 34.0. The van der Waals surface area contributed by atoms with Gasteiger partial charge in [-0.25, -0.2) is 0 Å². The second-order valence-corrected chi connectivity index (χ2v) is 7.05. The van der Waals surface area contributed by atoms with Gasteiger partial charge in [-0.05, 0) is 44.2 Å². The first-order chi connectivity index (χ1) is 13.5. The van der Waals surface area contributed by atoms with Crippen molar-refractivity contribution in [3.63, 3.8) is 0 Å². The van der Waals surface area contributed by atoms with Gasteiger partial charge in [-0.1, -0.05) is 41.5 Å². The van der Waals surface area contributed by atoms with Crippen molar-refractivity contribution in [1.29, 1.82) is 0 Å². The van der Waals surface area contributed by atoms with Crippen molar-refractivity contribution in [3.05, 3.63) is 89.7 Å². The largest absolute Gasteiger partial charge is 0.301 e. The molecule has 5 nitrogen and oxygen atoms in total. The fourth-order valence-electron chi connectivity index (χ4n) is 3.46. The number of nitrogens with zero attached hydrogens (tertiary/aromatic N) is 3. The van der Waals surface area contributed by atoms with Gasteiger partial charge in [0.05, 0.1) is 0 Å². The Morgan fingerprint density at radius 1 is 0.857 bits per heavy atom. The molecule has 2 aromatic carbocycles. The third-order valence-electron chi connectivity index (χ3n) is 4.98. The van der Waals surface area contributed by atoms with Crippen molar-refractivity contribution >= 4 is 23.2 Å². The van der Waals surface area contributed by atoms with Crippen LogP contribution in [0.5, 0.6) is 0 Å². The summed E-state index contributed by atoms with van der Waals surface area (Å²) in [7, 11) is 0. The summed E-state index contributed by atoms with van der Waals surface area (Å²) in [5.41, 5.74) is 4.32. The van der Waals surface area contributed by atoms with Crippen LogP contribution in [-0.4, -0.2) is 23.3 Å². The Hall–Kier alpha value is -3.47. The Morgan fingerprint density at radius 3 is 2.04 bits per heavy atom. The van der Waals surface area contributed by atoms with Crippen LogP contribution in [-0.2, 0) is 9.59 Å². The van der Waals surface area contributed by atoms with E-state index in [4.69, 9.17) is 0 Å². The fourth-order valence-corrected chi connectivity index (χ4v) is 3.46. The maximum absolute atomic E-state index is 13.5. The Balaban J connectivity index is 1.79. The molecule has 5 heteroatoms. The lowest BCUT2D eigenvalue weighted by molar-refractivity contribution is -0.128. The fraction of sp³-hybridized carbons (Fsp3) is 0.174. The number of hydrogen-bond donors (Lipinski definition) is 0.